The Morgan fingerprint density at radius 1 is 0.408 bits per heavy atom. The molecule has 6 aromatic rings. The molecule has 103 heavy (non-hydrogen) atoms. The summed E-state index contributed by atoms with van der Waals surface area (Å²) in [5.41, 5.74) is 16.1. The fourth-order valence-corrected chi connectivity index (χ4v) is 11.1. The van der Waals surface area contributed by atoms with E-state index >= 15 is 0 Å². The van der Waals surface area contributed by atoms with E-state index in [1.165, 1.54) is 61.8 Å². The molecule has 12 rings (SSSR count). The topological polar surface area (TPSA) is 386 Å². The van der Waals surface area contributed by atoms with Crippen LogP contribution < -0.4 is 91.6 Å². The number of carbonyl (C=O) groups excluding carboxylic acids is 10. The summed E-state index contributed by atoms with van der Waals surface area (Å²) >= 11 is 0. The van der Waals surface area contributed by atoms with E-state index in [0.29, 0.717) is 132 Å². The summed E-state index contributed by atoms with van der Waals surface area (Å²) in [6.07, 6.45) is 0.645. The molecule has 6 aromatic carbocycles. The van der Waals surface area contributed by atoms with Crippen LogP contribution in [0.5, 0.6) is 69.0 Å². The highest BCUT2D eigenvalue weighted by atomic mass is 16.6. The van der Waals surface area contributed by atoms with Crippen LogP contribution in [0.4, 0.5) is 31.4 Å². The molecule has 10 N–H and O–H groups in total. The molecular weight excluding hydrogens is 1340 g/mol. The second-order valence-electron chi connectivity index (χ2n) is 24.9. The number of nitrogens with two attached hydrogens (primary N) is 1. The lowest BCUT2D eigenvalue weighted by molar-refractivity contribution is -0.131. The van der Waals surface area contributed by atoms with Gasteiger partial charge >= 0.3 is 18.3 Å². The summed E-state index contributed by atoms with van der Waals surface area (Å²) in [5, 5.41) is 15.8. The van der Waals surface area contributed by atoms with E-state index in [0.717, 1.165) is 24.0 Å². The third-order valence-electron chi connectivity index (χ3n) is 16.5. The Hall–Kier alpha value is -11.9. The Morgan fingerprint density at radius 3 is 1.06 bits per heavy atom. The largest absolute Gasteiger partial charge is 0.450 e. The molecule has 3 fully saturated rings. The van der Waals surface area contributed by atoms with Gasteiger partial charge in [0, 0.05) is 59.0 Å². The predicted octanol–water partition coefficient (Wildman–Crippen LogP) is 7.29. The van der Waals surface area contributed by atoms with Crippen molar-refractivity contribution in [3.63, 3.8) is 0 Å². The zero-order chi connectivity index (χ0) is 73.6. The third kappa shape index (κ3) is 19.6. The van der Waals surface area contributed by atoms with Gasteiger partial charge in [0.2, 0.25) is 41.4 Å². The molecular formula is C72H82N12O19. The number of nitrogens with one attached hydrogen (secondary N) is 8. The highest BCUT2D eigenvalue weighted by molar-refractivity contribution is 5.94. The summed E-state index contributed by atoms with van der Waals surface area (Å²) in [6.45, 7) is 15.3. The molecule has 0 bridgehead atoms. The van der Waals surface area contributed by atoms with E-state index in [2.05, 4.69) is 49.7 Å². The van der Waals surface area contributed by atoms with Crippen LogP contribution in [0.15, 0.2) is 109 Å². The second-order valence-corrected chi connectivity index (χ2v) is 24.9. The van der Waals surface area contributed by atoms with Gasteiger partial charge in [-0.05, 0) is 130 Å². The average molecular weight is 1420 g/mol. The van der Waals surface area contributed by atoms with Gasteiger partial charge in [0.1, 0.15) is 30.4 Å². The van der Waals surface area contributed by atoms with Crippen molar-refractivity contribution < 1.29 is 90.6 Å². The van der Waals surface area contributed by atoms with Gasteiger partial charge in [-0.3, -0.25) is 53.7 Å². The van der Waals surface area contributed by atoms with E-state index in [-0.39, 0.29) is 49.4 Å². The number of hydrogen-bond acceptors (Lipinski definition) is 21. The number of fused-ring (bicyclic) bond motifs is 6. The number of hydrogen-bond donors (Lipinski definition) is 9. The maximum atomic E-state index is 12.4. The first-order valence-corrected chi connectivity index (χ1v) is 33.5. The first-order valence-electron chi connectivity index (χ1n) is 33.5. The van der Waals surface area contributed by atoms with Crippen molar-refractivity contribution in [1.29, 1.82) is 0 Å². The monoisotopic (exact) mass is 1420 g/mol. The van der Waals surface area contributed by atoms with Crippen molar-refractivity contribution in [2.45, 2.75) is 118 Å². The normalized spacial score (nSPS) is 16.9. The minimum absolute atomic E-state index is 0.0643. The summed E-state index contributed by atoms with van der Waals surface area (Å²) in [4.78, 5) is 121. The number of aryl methyl sites for hydroxylation is 1. The molecule has 31 heteroatoms. The van der Waals surface area contributed by atoms with Crippen molar-refractivity contribution in [2.75, 3.05) is 67.1 Å². The molecule has 6 heterocycles. The van der Waals surface area contributed by atoms with E-state index in [9.17, 15) is 47.9 Å². The molecule has 544 valence electrons. The average Bonchev–Trinajstić information content (AvgIpc) is 1.35. The van der Waals surface area contributed by atoms with Crippen LogP contribution in [0.25, 0.3) is 0 Å². The maximum Gasteiger partial charge on any atom is 0.414 e. The van der Waals surface area contributed by atoms with Crippen molar-refractivity contribution in [2.24, 2.45) is 5.73 Å². The molecule has 6 atom stereocenters. The van der Waals surface area contributed by atoms with Crippen molar-refractivity contribution >= 4 is 76.7 Å². The third-order valence-corrected chi connectivity index (χ3v) is 16.5. The fraction of sp³-hybridized carbons (Fsp3) is 0.361. The molecule has 0 aromatic heterocycles. The van der Waals surface area contributed by atoms with Gasteiger partial charge < -0.3 is 80.3 Å². The van der Waals surface area contributed by atoms with Gasteiger partial charge in [-0.25, -0.2) is 19.8 Å². The minimum Gasteiger partial charge on any atom is -0.450 e. The number of anilines is 3. The highest BCUT2D eigenvalue weighted by Gasteiger charge is 2.37. The lowest BCUT2D eigenvalue weighted by atomic mass is 10.1. The van der Waals surface area contributed by atoms with E-state index in [4.69, 9.17) is 48.4 Å². The van der Waals surface area contributed by atoms with Crippen LogP contribution in [-0.4, -0.2) is 148 Å². The molecule has 3 saturated heterocycles. The number of hydrazine groups is 1. The molecule has 2 unspecified atom stereocenters. The summed E-state index contributed by atoms with van der Waals surface area (Å²) in [6, 6.07) is 30.5. The Bertz CT molecular complexity index is 4230. The van der Waals surface area contributed by atoms with Gasteiger partial charge in [-0.2, -0.15) is 0 Å². The zero-order valence-corrected chi connectivity index (χ0v) is 58.0. The fourth-order valence-electron chi connectivity index (χ4n) is 11.1. The zero-order valence-electron chi connectivity index (χ0n) is 58.0. The highest BCUT2D eigenvalue weighted by Crippen LogP contribution is 2.50. The first kappa shape index (κ1) is 73.8. The molecule has 0 spiro atoms. The van der Waals surface area contributed by atoms with Crippen molar-refractivity contribution in [3.8, 4) is 69.0 Å². The Kier molecular flexibility index (Phi) is 24.0. The molecule has 0 aliphatic carbocycles. The summed E-state index contributed by atoms with van der Waals surface area (Å²) in [7, 11) is 0. The lowest BCUT2D eigenvalue weighted by Gasteiger charge is -2.23. The standard InChI is InChI=1S/C29H37N7O8.C22H23N3O6.C21H22N2O5/c1-15(26(30)38)33-27(39)16(2)34-28(40)17(3)35-32-10-9-19-5-7-22-24(11-19)43-23-8-6-20(12-25(23)44-22)36-14-21(42-29(36)41)13-31-18(4)37;1-13(26)23-8-7-15-3-5-18-20(9-15)30-19-6-4-16(10-21(19)31-18)25-12-17(29-22(25)28)11-24-14(2)27;1-3-4-14-5-7-17-19(9-14)27-18-8-6-15(10-20(18)28-17)23-12-16(26-21(23)25)11-22-13(2)24/h5-8,11-12,15-17,21,32,35H,9-10,13-14H2,1-4H3,(H2,30,38)(H,31,37)(H,33,39)(H,34,40);3-6,9-10,17H,7-8,11-12H2,1-2H3,(H,23,26)(H,24,27);5-10,16H,3-4,11-12H2,1-2H3,(H,22,24)/t15?,16-,17?,21-;17-;16-/m000/s1. The van der Waals surface area contributed by atoms with Crippen molar-refractivity contribution in [3.05, 3.63) is 126 Å². The number of carbonyl (C=O) groups is 10. The summed E-state index contributed by atoms with van der Waals surface area (Å²) < 4.78 is 52.0. The number of amides is 10. The predicted molar refractivity (Wildman–Crippen MR) is 373 cm³/mol. The number of primary amides is 1. The van der Waals surface area contributed by atoms with Gasteiger partial charge in [0.15, 0.2) is 69.0 Å². The van der Waals surface area contributed by atoms with Crippen LogP contribution in [0, 0.1) is 0 Å². The van der Waals surface area contributed by atoms with E-state index in [1.54, 1.807) is 67.6 Å². The molecule has 0 saturated carbocycles. The summed E-state index contributed by atoms with van der Waals surface area (Å²) in [5.74, 6) is 4.51. The maximum absolute atomic E-state index is 12.4. The number of benzene rings is 6. The van der Waals surface area contributed by atoms with Gasteiger partial charge in [0.25, 0.3) is 0 Å². The number of nitrogens with zero attached hydrogens (tertiary/aromatic N) is 3. The lowest BCUT2D eigenvalue weighted by Crippen LogP contribution is -2.55. The first-order chi connectivity index (χ1) is 49.3. The SMILES string of the molecule is CC(=O)NCCc1ccc2c(c1)Oc1ccc(N3C[C@H](CNC(C)=O)OC3=O)cc1O2.CC(=O)NC[C@H]1CN(c2ccc3c(c2)Oc2ccc(CCNNC(C)C(=O)N[C@@H](C)C(=O)NC(C)C(N)=O)cc2O3)C(=O)O1.CCCc1ccc2c(c1)Oc1ccc(N3C[C@H](CNC(C)=O)OC3=O)cc1O2. The Balaban J connectivity index is 0.000000171. The van der Waals surface area contributed by atoms with Crippen LogP contribution >= 0.6 is 0 Å². The van der Waals surface area contributed by atoms with Gasteiger partial charge in [0.05, 0.1) is 62.4 Å². The van der Waals surface area contributed by atoms with Gasteiger partial charge in [-0.15, -0.1) is 0 Å². The number of rotatable bonds is 24. The quantitative estimate of drug-likeness (QED) is 0.0163. The minimum atomic E-state index is -0.853. The van der Waals surface area contributed by atoms with Gasteiger partial charge in [-0.1, -0.05) is 31.5 Å². The Morgan fingerprint density at radius 2 is 0.718 bits per heavy atom. The van der Waals surface area contributed by atoms with Crippen molar-refractivity contribution in [1.82, 2.24) is 42.8 Å². The molecule has 0 radical (unpaired) electrons. The Labute approximate surface area is 592 Å². The number of cyclic esters (lactones) is 3. The van der Waals surface area contributed by atoms with Crippen LogP contribution in [0.3, 0.4) is 0 Å². The smallest absolute Gasteiger partial charge is 0.414 e. The molecule has 6 aliphatic heterocycles. The van der Waals surface area contributed by atoms with E-state index < -0.39 is 66.3 Å². The number of ether oxygens (including phenoxy) is 9. The molecule has 6 aliphatic rings. The molecule has 10 amide bonds. The molecule has 31 nitrogen and oxygen atoms in total. The van der Waals surface area contributed by atoms with Crippen LogP contribution in [0.1, 0.15) is 78.5 Å². The second kappa shape index (κ2) is 33.5. The van der Waals surface area contributed by atoms with Crippen LogP contribution in [-0.2, 0) is 67.0 Å². The van der Waals surface area contributed by atoms with Crippen LogP contribution in [0.2, 0.25) is 0 Å². The van der Waals surface area contributed by atoms with E-state index in [1.807, 2.05) is 48.5 Å².